The van der Waals surface area contributed by atoms with Crippen LogP contribution in [0.15, 0.2) is 28.7 Å². The third-order valence-electron chi connectivity index (χ3n) is 5.67. The molecule has 0 unspecified atom stereocenters. The lowest BCUT2D eigenvalue weighted by molar-refractivity contribution is -0.123. The van der Waals surface area contributed by atoms with E-state index in [1.54, 1.807) is 11.7 Å². The van der Waals surface area contributed by atoms with E-state index < -0.39 is 27.2 Å². The fraction of sp³-hybridized carbons (Fsp3) is 0.409. The monoisotopic (exact) mass is 478 g/mol. The summed E-state index contributed by atoms with van der Waals surface area (Å²) in [5.41, 5.74) is 0.767. The maximum absolute atomic E-state index is 12.4. The van der Waals surface area contributed by atoms with Gasteiger partial charge in [0.1, 0.15) is 17.9 Å². The van der Waals surface area contributed by atoms with Crippen LogP contribution in [0.4, 0.5) is 0 Å². The van der Waals surface area contributed by atoms with Gasteiger partial charge in [0.2, 0.25) is 5.88 Å². The zero-order valence-electron chi connectivity index (χ0n) is 17.7. The standard InChI is InChI=1S/C22H23ClN2O6S/c1-25-19(10-15(24-25)12-6-7-12)31-11-14-18(32(2,29)30)9-8-13(21(14)23)22(28)20-16(26)4-3-5-17(20)27/h8-10,12,28H,3-7,11H2,1-2H3. The fourth-order valence-corrected chi connectivity index (χ4v) is 5.10. The predicted molar refractivity (Wildman–Crippen MR) is 117 cm³/mol. The molecule has 1 N–H and O–H groups in total. The molecule has 2 fully saturated rings. The van der Waals surface area contributed by atoms with Crippen molar-refractivity contribution in [1.82, 2.24) is 9.78 Å². The number of sulfone groups is 1. The molecule has 2 saturated carbocycles. The summed E-state index contributed by atoms with van der Waals surface area (Å²) in [6.45, 7) is -0.205. The SMILES string of the molecule is Cn1nc(C2CC2)cc1OCc1c(S(C)(=O)=O)ccc(C(O)=C2C(=O)CCCC2=O)c1Cl. The number of ketones is 2. The Balaban J connectivity index is 1.75. The molecule has 0 radical (unpaired) electrons. The number of aliphatic hydroxyl groups excluding tert-OH is 1. The van der Waals surface area contributed by atoms with Crippen molar-refractivity contribution < 1.29 is 27.9 Å². The molecule has 0 spiro atoms. The molecule has 2 aromatic rings. The first-order valence-electron chi connectivity index (χ1n) is 10.3. The molecule has 1 aromatic heterocycles. The van der Waals surface area contributed by atoms with E-state index in [9.17, 15) is 23.1 Å². The van der Waals surface area contributed by atoms with Crippen molar-refractivity contribution in [2.75, 3.05) is 6.26 Å². The van der Waals surface area contributed by atoms with E-state index in [1.807, 2.05) is 6.07 Å². The van der Waals surface area contributed by atoms with Crippen LogP contribution in [-0.2, 0) is 33.1 Å². The molecular formula is C22H23ClN2O6S. The van der Waals surface area contributed by atoms with Gasteiger partial charge in [0.15, 0.2) is 21.4 Å². The highest BCUT2D eigenvalue weighted by molar-refractivity contribution is 7.90. The summed E-state index contributed by atoms with van der Waals surface area (Å²) in [6.07, 6.45) is 3.95. The van der Waals surface area contributed by atoms with E-state index >= 15 is 0 Å². The van der Waals surface area contributed by atoms with Crippen molar-refractivity contribution in [2.45, 2.75) is 49.5 Å². The number of Topliss-reactive ketones (excluding diaryl/α,β-unsaturated/α-hetero) is 2. The van der Waals surface area contributed by atoms with Gasteiger partial charge in [-0.25, -0.2) is 13.1 Å². The van der Waals surface area contributed by atoms with E-state index in [1.165, 1.54) is 12.1 Å². The van der Waals surface area contributed by atoms with Gasteiger partial charge in [0.25, 0.3) is 0 Å². The first-order chi connectivity index (χ1) is 15.1. The van der Waals surface area contributed by atoms with Crippen molar-refractivity contribution in [1.29, 1.82) is 0 Å². The van der Waals surface area contributed by atoms with E-state index in [0.29, 0.717) is 18.2 Å². The first kappa shape index (κ1) is 22.5. The van der Waals surface area contributed by atoms with Crippen LogP contribution in [0, 0.1) is 0 Å². The average molecular weight is 479 g/mol. The molecule has 0 amide bonds. The molecule has 8 nitrogen and oxygen atoms in total. The maximum Gasteiger partial charge on any atom is 0.212 e. The minimum absolute atomic E-state index is 0.0138. The second kappa shape index (κ2) is 8.37. The molecule has 0 saturated heterocycles. The Morgan fingerprint density at radius 3 is 2.50 bits per heavy atom. The highest BCUT2D eigenvalue weighted by atomic mass is 35.5. The number of carbonyl (C=O) groups is 2. The van der Waals surface area contributed by atoms with Crippen LogP contribution in [-0.4, -0.2) is 41.1 Å². The van der Waals surface area contributed by atoms with E-state index in [2.05, 4.69) is 5.10 Å². The molecule has 0 atom stereocenters. The number of aliphatic hydroxyl groups is 1. The van der Waals surface area contributed by atoms with Gasteiger partial charge < -0.3 is 9.84 Å². The number of carbonyl (C=O) groups excluding carboxylic acids is 2. The molecule has 2 aliphatic rings. The number of aryl methyl sites for hydroxylation is 1. The number of hydrogen-bond acceptors (Lipinski definition) is 7. The molecule has 0 aliphatic heterocycles. The molecule has 170 valence electrons. The Hall–Kier alpha value is -2.65. The summed E-state index contributed by atoms with van der Waals surface area (Å²) in [4.78, 5) is 24.4. The van der Waals surface area contributed by atoms with Crippen LogP contribution in [0.5, 0.6) is 5.88 Å². The summed E-state index contributed by atoms with van der Waals surface area (Å²) >= 11 is 6.52. The second-order valence-corrected chi connectivity index (χ2v) is 10.6. The smallest absolute Gasteiger partial charge is 0.212 e. The number of benzene rings is 1. The van der Waals surface area contributed by atoms with Crippen LogP contribution in [0.1, 0.15) is 54.8 Å². The Morgan fingerprint density at radius 2 is 1.91 bits per heavy atom. The third kappa shape index (κ3) is 4.31. The number of ether oxygens (including phenoxy) is 1. The number of allylic oxidation sites excluding steroid dienone is 1. The fourth-order valence-electron chi connectivity index (χ4n) is 3.81. The molecule has 1 aromatic carbocycles. The van der Waals surface area contributed by atoms with Gasteiger partial charge in [-0.2, -0.15) is 5.10 Å². The van der Waals surface area contributed by atoms with Crippen LogP contribution in [0.3, 0.4) is 0 Å². The lowest BCUT2D eigenvalue weighted by Crippen LogP contribution is -2.20. The normalized spacial score (nSPS) is 17.0. The largest absolute Gasteiger partial charge is 0.506 e. The van der Waals surface area contributed by atoms with Gasteiger partial charge in [-0.05, 0) is 31.4 Å². The number of halogens is 1. The predicted octanol–water partition coefficient (Wildman–Crippen LogP) is 3.52. The molecule has 32 heavy (non-hydrogen) atoms. The van der Waals surface area contributed by atoms with Crippen molar-refractivity contribution in [3.63, 3.8) is 0 Å². The lowest BCUT2D eigenvalue weighted by Gasteiger charge is -2.17. The highest BCUT2D eigenvalue weighted by Gasteiger charge is 2.30. The van der Waals surface area contributed by atoms with Gasteiger partial charge in [-0.3, -0.25) is 9.59 Å². The number of nitrogens with zero attached hydrogens (tertiary/aromatic N) is 2. The average Bonchev–Trinajstić information content (AvgIpc) is 3.49. The molecule has 0 bridgehead atoms. The lowest BCUT2D eigenvalue weighted by atomic mass is 9.89. The maximum atomic E-state index is 12.4. The van der Waals surface area contributed by atoms with Gasteiger partial charge >= 0.3 is 0 Å². The molecule has 10 heteroatoms. The van der Waals surface area contributed by atoms with E-state index in [4.69, 9.17) is 16.3 Å². The summed E-state index contributed by atoms with van der Waals surface area (Å²) in [6, 6.07) is 4.41. The van der Waals surface area contributed by atoms with Crippen LogP contribution in [0.2, 0.25) is 5.02 Å². The summed E-state index contributed by atoms with van der Waals surface area (Å²) in [7, 11) is -1.95. The van der Waals surface area contributed by atoms with Crippen LogP contribution >= 0.6 is 11.6 Å². The number of rotatable bonds is 6. The molecule has 2 aliphatic carbocycles. The summed E-state index contributed by atoms with van der Waals surface area (Å²) in [5, 5.41) is 15.1. The molecule has 4 rings (SSSR count). The van der Waals surface area contributed by atoms with E-state index in [0.717, 1.165) is 24.8 Å². The van der Waals surface area contributed by atoms with Crippen LogP contribution in [0.25, 0.3) is 5.76 Å². The zero-order valence-corrected chi connectivity index (χ0v) is 19.3. The third-order valence-corrected chi connectivity index (χ3v) is 7.29. The quantitative estimate of drug-likeness (QED) is 0.383. The Morgan fingerprint density at radius 1 is 1.25 bits per heavy atom. The van der Waals surface area contributed by atoms with Crippen molar-refractivity contribution in [2.24, 2.45) is 7.05 Å². The van der Waals surface area contributed by atoms with Crippen molar-refractivity contribution in [3.8, 4) is 5.88 Å². The Kier molecular flexibility index (Phi) is 5.89. The van der Waals surface area contributed by atoms with Crippen molar-refractivity contribution >= 4 is 38.8 Å². The van der Waals surface area contributed by atoms with E-state index in [-0.39, 0.29) is 46.1 Å². The summed E-state index contributed by atoms with van der Waals surface area (Å²) in [5.74, 6) is -0.577. The van der Waals surface area contributed by atoms with Gasteiger partial charge in [0.05, 0.1) is 15.6 Å². The van der Waals surface area contributed by atoms with Gasteiger partial charge in [-0.15, -0.1) is 0 Å². The van der Waals surface area contributed by atoms with Gasteiger partial charge in [0, 0.05) is 49.3 Å². The second-order valence-electron chi connectivity index (χ2n) is 8.19. The number of hydrogen-bond donors (Lipinski definition) is 1. The van der Waals surface area contributed by atoms with Crippen molar-refractivity contribution in [3.05, 3.63) is 45.6 Å². The zero-order chi connectivity index (χ0) is 23.2. The Bertz CT molecular complexity index is 1240. The minimum Gasteiger partial charge on any atom is -0.506 e. The Labute approximate surface area is 190 Å². The highest BCUT2D eigenvalue weighted by Crippen LogP contribution is 2.40. The summed E-state index contributed by atoms with van der Waals surface area (Å²) < 4.78 is 32.1. The molecule has 1 heterocycles. The minimum atomic E-state index is -3.68. The molecular weight excluding hydrogens is 456 g/mol. The first-order valence-corrected chi connectivity index (χ1v) is 12.5. The van der Waals surface area contributed by atoms with Gasteiger partial charge in [-0.1, -0.05) is 11.6 Å². The number of aromatic nitrogens is 2. The van der Waals surface area contributed by atoms with Crippen LogP contribution < -0.4 is 4.74 Å². The topological polar surface area (TPSA) is 116 Å².